The Hall–Kier alpha value is -2.89. The lowest BCUT2D eigenvalue weighted by atomic mass is 10.1. The van der Waals surface area contributed by atoms with Crippen LogP contribution >= 0.6 is 0 Å². The zero-order chi connectivity index (χ0) is 18.0. The first-order chi connectivity index (χ1) is 12.0. The normalized spacial score (nSPS) is 15.2. The average molecular weight is 339 g/mol. The third kappa shape index (κ3) is 3.63. The number of likely N-dealkylation sites (N-methyl/N-ethyl adjacent to an activating group) is 1. The molecule has 1 aromatic carbocycles. The predicted molar refractivity (Wildman–Crippen MR) is 93.9 cm³/mol. The molecule has 0 bridgehead atoms. The van der Waals surface area contributed by atoms with Gasteiger partial charge in [-0.1, -0.05) is 29.8 Å². The van der Waals surface area contributed by atoms with Crippen LogP contribution in [0.3, 0.4) is 0 Å². The zero-order valence-electron chi connectivity index (χ0n) is 14.6. The third-order valence-electron chi connectivity index (χ3n) is 4.45. The van der Waals surface area contributed by atoms with Gasteiger partial charge in [-0.25, -0.2) is 5.01 Å². The van der Waals surface area contributed by atoms with Crippen LogP contribution in [0.5, 0.6) is 0 Å². The van der Waals surface area contributed by atoms with Gasteiger partial charge in [0.15, 0.2) is 0 Å². The number of benzene rings is 1. The highest BCUT2D eigenvalue weighted by Crippen LogP contribution is 2.20. The van der Waals surface area contributed by atoms with Crippen molar-refractivity contribution in [2.45, 2.75) is 26.3 Å². The first kappa shape index (κ1) is 17.0. The summed E-state index contributed by atoms with van der Waals surface area (Å²) in [5.74, 6) is 0.349. The lowest BCUT2D eigenvalue weighted by molar-refractivity contribution is -0.139. The van der Waals surface area contributed by atoms with Gasteiger partial charge in [0.2, 0.25) is 11.8 Å². The number of hydrazone groups is 1. The summed E-state index contributed by atoms with van der Waals surface area (Å²) in [4.78, 5) is 26.3. The molecule has 0 fully saturated rings. The second-order valence-electron chi connectivity index (χ2n) is 6.24. The molecule has 130 valence electrons. The fraction of sp³-hybridized carbons (Fsp3) is 0.316. The molecule has 2 heterocycles. The number of hydrogen-bond acceptors (Lipinski definition) is 4. The Kier molecular flexibility index (Phi) is 4.70. The largest absolute Gasteiger partial charge is 0.467 e. The van der Waals surface area contributed by atoms with E-state index < -0.39 is 0 Å². The molecule has 0 spiro atoms. The van der Waals surface area contributed by atoms with Crippen LogP contribution in [-0.2, 0) is 9.59 Å². The van der Waals surface area contributed by atoms with Crippen molar-refractivity contribution in [3.05, 3.63) is 59.5 Å². The maximum atomic E-state index is 12.5. The SMILES string of the molecule is Cc1ccc(C2=NN(CC(=O)N(C)C(C)c3ccco3)C(=O)C2)cc1. The third-order valence-corrected chi connectivity index (χ3v) is 4.45. The van der Waals surface area contributed by atoms with Gasteiger partial charge in [-0.3, -0.25) is 9.59 Å². The molecule has 1 atom stereocenters. The molecule has 1 aliphatic rings. The monoisotopic (exact) mass is 339 g/mol. The standard InChI is InChI=1S/C19H21N3O3/c1-13-6-8-15(9-7-13)16-11-18(23)22(20-16)12-19(24)21(3)14(2)17-5-4-10-25-17/h4-10,14H,11-12H2,1-3H3. The van der Waals surface area contributed by atoms with Gasteiger partial charge in [-0.15, -0.1) is 0 Å². The van der Waals surface area contributed by atoms with Crippen molar-refractivity contribution in [2.24, 2.45) is 5.10 Å². The topological polar surface area (TPSA) is 66.1 Å². The molecule has 2 aromatic rings. The van der Waals surface area contributed by atoms with Gasteiger partial charge in [-0.05, 0) is 31.5 Å². The first-order valence-electron chi connectivity index (χ1n) is 8.19. The van der Waals surface area contributed by atoms with Crippen LogP contribution < -0.4 is 0 Å². The van der Waals surface area contributed by atoms with Crippen molar-refractivity contribution in [1.82, 2.24) is 9.91 Å². The Morgan fingerprint density at radius 1 is 1.32 bits per heavy atom. The van der Waals surface area contributed by atoms with Gasteiger partial charge in [-0.2, -0.15) is 5.10 Å². The van der Waals surface area contributed by atoms with E-state index in [1.807, 2.05) is 44.2 Å². The molecule has 2 amide bonds. The molecular weight excluding hydrogens is 318 g/mol. The number of aryl methyl sites for hydroxylation is 1. The van der Waals surface area contributed by atoms with Crippen LogP contribution in [0.1, 0.15) is 36.3 Å². The van der Waals surface area contributed by atoms with E-state index in [2.05, 4.69) is 5.10 Å². The number of amides is 2. The minimum absolute atomic E-state index is 0.0737. The molecule has 25 heavy (non-hydrogen) atoms. The molecule has 6 heteroatoms. The summed E-state index contributed by atoms with van der Waals surface area (Å²) in [5, 5.41) is 5.60. The number of carbonyl (C=O) groups is 2. The lowest BCUT2D eigenvalue weighted by Crippen LogP contribution is -2.38. The molecule has 6 nitrogen and oxygen atoms in total. The Morgan fingerprint density at radius 3 is 2.68 bits per heavy atom. The maximum Gasteiger partial charge on any atom is 0.249 e. The van der Waals surface area contributed by atoms with E-state index in [-0.39, 0.29) is 30.8 Å². The molecule has 0 saturated heterocycles. The predicted octanol–water partition coefficient (Wildman–Crippen LogP) is 2.74. The van der Waals surface area contributed by atoms with Gasteiger partial charge >= 0.3 is 0 Å². The van der Waals surface area contributed by atoms with E-state index in [1.54, 1.807) is 24.3 Å². The average Bonchev–Trinajstić information content (AvgIpc) is 3.25. The Labute approximate surface area is 146 Å². The summed E-state index contributed by atoms with van der Waals surface area (Å²) in [5.41, 5.74) is 2.75. The van der Waals surface area contributed by atoms with E-state index in [0.29, 0.717) is 11.5 Å². The molecule has 0 N–H and O–H groups in total. The van der Waals surface area contributed by atoms with Crippen molar-refractivity contribution in [1.29, 1.82) is 0 Å². The highest BCUT2D eigenvalue weighted by Gasteiger charge is 2.29. The highest BCUT2D eigenvalue weighted by atomic mass is 16.3. The minimum Gasteiger partial charge on any atom is -0.467 e. The first-order valence-corrected chi connectivity index (χ1v) is 8.19. The highest BCUT2D eigenvalue weighted by molar-refractivity contribution is 6.14. The lowest BCUT2D eigenvalue weighted by Gasteiger charge is -2.24. The second kappa shape index (κ2) is 6.93. The number of furan rings is 1. The molecule has 1 aliphatic heterocycles. The van der Waals surface area contributed by atoms with Crippen LogP contribution in [0, 0.1) is 6.92 Å². The Bertz CT molecular complexity index is 794. The smallest absolute Gasteiger partial charge is 0.249 e. The summed E-state index contributed by atoms with van der Waals surface area (Å²) in [6, 6.07) is 11.2. The van der Waals surface area contributed by atoms with E-state index >= 15 is 0 Å². The molecular formula is C19H21N3O3. The van der Waals surface area contributed by atoms with E-state index in [0.717, 1.165) is 11.1 Å². The second-order valence-corrected chi connectivity index (χ2v) is 6.24. The summed E-state index contributed by atoms with van der Waals surface area (Å²) in [7, 11) is 1.70. The molecule has 3 rings (SSSR count). The van der Waals surface area contributed by atoms with Gasteiger partial charge < -0.3 is 9.32 Å². The summed E-state index contributed by atoms with van der Waals surface area (Å²) < 4.78 is 5.34. The number of hydrogen-bond donors (Lipinski definition) is 0. The van der Waals surface area contributed by atoms with Crippen molar-refractivity contribution in [2.75, 3.05) is 13.6 Å². The zero-order valence-corrected chi connectivity index (χ0v) is 14.6. The van der Waals surface area contributed by atoms with Crippen LogP contribution in [0.4, 0.5) is 0 Å². The Balaban J connectivity index is 1.68. The summed E-state index contributed by atoms with van der Waals surface area (Å²) in [6.07, 6.45) is 1.79. The fourth-order valence-electron chi connectivity index (χ4n) is 2.68. The van der Waals surface area contributed by atoms with Gasteiger partial charge in [0.1, 0.15) is 12.3 Å². The van der Waals surface area contributed by atoms with Gasteiger partial charge in [0.25, 0.3) is 0 Å². The van der Waals surface area contributed by atoms with Crippen molar-refractivity contribution in [3.63, 3.8) is 0 Å². The minimum atomic E-state index is -0.208. The number of rotatable bonds is 5. The van der Waals surface area contributed by atoms with Crippen LogP contribution in [0.15, 0.2) is 52.2 Å². The molecule has 0 radical (unpaired) electrons. The summed E-state index contributed by atoms with van der Waals surface area (Å²) in [6.45, 7) is 3.81. The van der Waals surface area contributed by atoms with E-state index in [4.69, 9.17) is 4.42 Å². The van der Waals surface area contributed by atoms with Crippen LogP contribution in [-0.4, -0.2) is 41.0 Å². The molecule has 1 aromatic heterocycles. The van der Waals surface area contributed by atoms with Crippen LogP contribution in [0.2, 0.25) is 0 Å². The molecule has 0 aliphatic carbocycles. The van der Waals surface area contributed by atoms with E-state index in [9.17, 15) is 9.59 Å². The van der Waals surface area contributed by atoms with Crippen molar-refractivity contribution in [3.8, 4) is 0 Å². The number of nitrogens with zero attached hydrogens (tertiary/aromatic N) is 3. The van der Waals surface area contributed by atoms with E-state index in [1.165, 1.54) is 5.01 Å². The van der Waals surface area contributed by atoms with Gasteiger partial charge in [0, 0.05) is 7.05 Å². The van der Waals surface area contributed by atoms with Crippen LogP contribution in [0.25, 0.3) is 0 Å². The quantitative estimate of drug-likeness (QED) is 0.841. The van der Waals surface area contributed by atoms with Crippen molar-refractivity contribution < 1.29 is 14.0 Å². The fourth-order valence-corrected chi connectivity index (χ4v) is 2.68. The molecule has 1 unspecified atom stereocenters. The number of carbonyl (C=O) groups excluding carboxylic acids is 2. The maximum absolute atomic E-state index is 12.5. The summed E-state index contributed by atoms with van der Waals surface area (Å²) >= 11 is 0. The van der Waals surface area contributed by atoms with Crippen molar-refractivity contribution >= 4 is 17.5 Å². The molecule has 0 saturated carbocycles. The van der Waals surface area contributed by atoms with Gasteiger partial charge in [0.05, 0.1) is 24.4 Å². The Morgan fingerprint density at radius 2 is 2.04 bits per heavy atom.